The van der Waals surface area contributed by atoms with Crippen LogP contribution in [0.5, 0.6) is 5.75 Å². The Hall–Kier alpha value is -7.79. The molecule has 17 heteroatoms. The van der Waals surface area contributed by atoms with Gasteiger partial charge in [0.1, 0.15) is 41.7 Å². The molecule has 7 aromatic rings. The molecule has 3 aromatic carbocycles. The van der Waals surface area contributed by atoms with Crippen molar-refractivity contribution in [3.05, 3.63) is 144 Å². The molecule has 2 amide bonds. The molecule has 0 spiro atoms. The Morgan fingerprint density at radius 2 is 1.80 bits per heavy atom. The van der Waals surface area contributed by atoms with Crippen molar-refractivity contribution < 1.29 is 28.2 Å². The molecule has 362 valence electrons. The fourth-order valence-electron chi connectivity index (χ4n) is 8.25. The Labute approximate surface area is 405 Å². The Kier molecular flexibility index (Phi) is 14.8. The van der Waals surface area contributed by atoms with E-state index in [0.29, 0.717) is 41.9 Å². The van der Waals surface area contributed by atoms with Crippen molar-refractivity contribution >= 4 is 46.1 Å². The number of fused-ring (bicyclic) bond motifs is 1. The Balaban J connectivity index is 1.01. The van der Waals surface area contributed by atoms with Crippen LogP contribution in [-0.2, 0) is 11.3 Å². The van der Waals surface area contributed by atoms with E-state index in [2.05, 4.69) is 50.6 Å². The van der Waals surface area contributed by atoms with E-state index in [-0.39, 0.29) is 83.9 Å². The van der Waals surface area contributed by atoms with E-state index in [1.165, 1.54) is 29.4 Å². The highest BCUT2D eigenvalue weighted by Gasteiger charge is 2.27. The van der Waals surface area contributed by atoms with Gasteiger partial charge in [0.15, 0.2) is 11.6 Å². The molecule has 5 N–H and O–H groups in total. The summed E-state index contributed by atoms with van der Waals surface area (Å²) in [6.45, 7) is 12.4. The van der Waals surface area contributed by atoms with Crippen LogP contribution in [0.2, 0.25) is 0 Å². The van der Waals surface area contributed by atoms with Crippen LogP contribution in [0.15, 0.2) is 110 Å². The average Bonchev–Trinajstić information content (AvgIpc) is 4.12. The fraction of sp³-hybridized carbons (Fsp3) is 0.302. The number of pyridine rings is 1. The number of nitrogens with zero attached hydrogens (tertiary/aromatic N) is 8. The van der Waals surface area contributed by atoms with Crippen molar-refractivity contribution in [3.63, 3.8) is 0 Å². The molecule has 4 heterocycles. The van der Waals surface area contributed by atoms with Crippen LogP contribution in [-0.4, -0.2) is 90.7 Å². The summed E-state index contributed by atoms with van der Waals surface area (Å²) in [5, 5.41) is 16.8. The number of anilines is 4. The number of nitrogens with two attached hydrogens (primary N) is 1. The smallest absolute Gasteiger partial charge is 0.258 e. The lowest BCUT2D eigenvalue weighted by molar-refractivity contribution is -0.126. The van der Waals surface area contributed by atoms with Crippen molar-refractivity contribution in [2.45, 2.75) is 71.5 Å². The summed E-state index contributed by atoms with van der Waals surface area (Å²) in [7, 11) is 1.63. The van der Waals surface area contributed by atoms with Crippen molar-refractivity contribution in [1.29, 1.82) is 0 Å². The number of hydrogen-bond donors (Lipinski definition) is 4. The third-order valence-electron chi connectivity index (χ3n) is 12.4. The normalized spacial score (nSPS) is 12.8. The number of nitrogens with one attached hydrogen (secondary N) is 2. The van der Waals surface area contributed by atoms with Gasteiger partial charge in [-0.1, -0.05) is 49.9 Å². The minimum absolute atomic E-state index is 0.0280. The number of amides is 2. The first kappa shape index (κ1) is 48.7. The molecule has 1 aliphatic rings. The van der Waals surface area contributed by atoms with Crippen LogP contribution in [0.3, 0.4) is 0 Å². The van der Waals surface area contributed by atoms with Crippen LogP contribution in [0.1, 0.15) is 79.0 Å². The number of halogens is 2. The maximum absolute atomic E-state index is 15.3. The van der Waals surface area contributed by atoms with Gasteiger partial charge in [0.05, 0.1) is 35.8 Å². The Morgan fingerprint density at radius 3 is 2.49 bits per heavy atom. The molecule has 1 fully saturated rings. The molecule has 0 saturated heterocycles. The lowest BCUT2D eigenvalue weighted by Gasteiger charge is -2.28. The maximum Gasteiger partial charge on any atom is 0.258 e. The van der Waals surface area contributed by atoms with E-state index < -0.39 is 17.5 Å². The van der Waals surface area contributed by atoms with Crippen LogP contribution in [0.4, 0.5) is 32.1 Å². The number of aromatic nitrogens is 6. The lowest BCUT2D eigenvalue weighted by Crippen LogP contribution is -2.36. The second-order valence-corrected chi connectivity index (χ2v) is 17.8. The predicted octanol–water partition coefficient (Wildman–Crippen LogP) is 9.11. The van der Waals surface area contributed by atoms with E-state index in [1.54, 1.807) is 26.2 Å². The molecule has 0 bridgehead atoms. The molecule has 8 rings (SSSR count). The first-order valence-electron chi connectivity index (χ1n) is 23.3. The summed E-state index contributed by atoms with van der Waals surface area (Å²) in [4.78, 5) is 53.8. The number of likely N-dealkylation sites (N-methyl/N-ethyl adjacent to an activating group) is 1. The van der Waals surface area contributed by atoms with Gasteiger partial charge in [0, 0.05) is 61.0 Å². The summed E-state index contributed by atoms with van der Waals surface area (Å²) in [6.07, 6.45) is 7.55. The minimum Gasteiger partial charge on any atom is -0.486 e. The quantitative estimate of drug-likeness (QED) is 0.0532. The van der Waals surface area contributed by atoms with Gasteiger partial charge in [-0.05, 0) is 105 Å². The first-order valence-corrected chi connectivity index (χ1v) is 23.3. The Bertz CT molecular complexity index is 3030. The highest BCUT2D eigenvalue weighted by molar-refractivity contribution is 6.05. The van der Waals surface area contributed by atoms with Crippen molar-refractivity contribution in [1.82, 2.24) is 34.4 Å². The summed E-state index contributed by atoms with van der Waals surface area (Å²) in [6, 6.07) is 22.5. The van der Waals surface area contributed by atoms with Crippen LogP contribution >= 0.6 is 0 Å². The van der Waals surface area contributed by atoms with E-state index in [4.69, 9.17) is 20.4 Å². The molecule has 70 heavy (non-hydrogen) atoms. The zero-order chi connectivity index (χ0) is 49.6. The number of carbonyl (C=O) groups excluding carboxylic acids is 2. The van der Waals surface area contributed by atoms with Gasteiger partial charge in [0.2, 0.25) is 5.95 Å². The number of carbonyl (C=O) groups is 2. The summed E-state index contributed by atoms with van der Waals surface area (Å²) in [5.74, 6) is -1.18. The molecular formula is C53H57F2N11O4. The molecular weight excluding hydrogens is 893 g/mol. The number of hydrogen-bond acceptors (Lipinski definition) is 12. The molecule has 1 atom stereocenters. The zero-order valence-corrected chi connectivity index (χ0v) is 39.9. The van der Waals surface area contributed by atoms with Gasteiger partial charge in [-0.3, -0.25) is 14.6 Å². The first-order chi connectivity index (χ1) is 33.7. The molecule has 0 unspecified atom stereocenters. The second kappa shape index (κ2) is 21.2. The number of nitrogen functional groups attached to an aromatic ring is 1. The topological polar surface area (TPSA) is 190 Å². The standard InChI is InChI=1S/C53H57F2N11O4/c1-7-39(29-67)60-53-62-49(41-19-21-66(31(2)3)50(41)63-53)65(28-34-11-13-36(14-12-34)44-10-8-9-20-57-44)27-32(4)52(69)64(6)22-23-70-47-46(58-30-59-48(47)56)42-25-38(54)26-45(33(42)5)61-51(68)40-18-17-37(24-43(40)55)35-15-16-35/h8-14,17-21,24-26,30-31,35,39,67H,4,7,15-16,22-23,27-29H2,1-3,5-6H3,(H,61,68)(H2,56,58,59)(H,60,62,63)/t39-/m1/s1. The molecule has 1 saturated carbocycles. The van der Waals surface area contributed by atoms with E-state index >= 15 is 8.78 Å². The van der Waals surface area contributed by atoms with Gasteiger partial charge in [-0.2, -0.15) is 9.97 Å². The Morgan fingerprint density at radius 1 is 1.01 bits per heavy atom. The monoisotopic (exact) mass is 949 g/mol. The average molecular weight is 950 g/mol. The van der Waals surface area contributed by atoms with Crippen LogP contribution in [0.25, 0.3) is 33.5 Å². The molecule has 0 radical (unpaired) electrons. The third-order valence-corrected chi connectivity index (χ3v) is 12.4. The van der Waals surface area contributed by atoms with Crippen LogP contribution < -0.4 is 26.0 Å². The molecule has 0 aliphatic heterocycles. The number of ether oxygens (including phenoxy) is 1. The highest BCUT2D eigenvalue weighted by Crippen LogP contribution is 2.41. The number of aliphatic hydroxyl groups excluding tert-OH is 1. The SMILES string of the molecule is C=C(CN(Cc1ccc(-c2ccccn2)cc1)c1nc(N[C@H](CC)CO)nc2c1ccn2C(C)C)C(=O)N(C)CCOc1c(N)ncnc1-c1cc(F)cc(NC(=O)c2ccc(C3CC3)cc2F)c1C. The van der Waals surface area contributed by atoms with E-state index in [0.717, 1.165) is 46.7 Å². The maximum atomic E-state index is 15.3. The van der Waals surface area contributed by atoms with Crippen molar-refractivity contribution in [3.8, 4) is 28.3 Å². The lowest BCUT2D eigenvalue weighted by atomic mass is 10.0. The van der Waals surface area contributed by atoms with Gasteiger partial charge >= 0.3 is 0 Å². The highest BCUT2D eigenvalue weighted by atomic mass is 19.1. The summed E-state index contributed by atoms with van der Waals surface area (Å²) >= 11 is 0. The minimum atomic E-state index is -0.730. The number of benzene rings is 3. The zero-order valence-electron chi connectivity index (χ0n) is 39.9. The van der Waals surface area contributed by atoms with Crippen molar-refractivity contribution in [2.24, 2.45) is 0 Å². The molecule has 1 aliphatic carbocycles. The van der Waals surface area contributed by atoms with Gasteiger partial charge in [0.25, 0.3) is 11.8 Å². The predicted molar refractivity (Wildman–Crippen MR) is 269 cm³/mol. The van der Waals surface area contributed by atoms with E-state index in [1.807, 2.05) is 66.6 Å². The second-order valence-electron chi connectivity index (χ2n) is 17.8. The van der Waals surface area contributed by atoms with Gasteiger partial charge in [-0.25, -0.2) is 18.7 Å². The summed E-state index contributed by atoms with van der Waals surface area (Å²) in [5.41, 5.74) is 11.7. The van der Waals surface area contributed by atoms with Gasteiger partial charge < -0.3 is 40.6 Å². The molecule has 4 aromatic heterocycles. The van der Waals surface area contributed by atoms with Crippen LogP contribution in [0, 0.1) is 18.6 Å². The van der Waals surface area contributed by atoms with Crippen molar-refractivity contribution in [2.75, 3.05) is 54.6 Å². The van der Waals surface area contributed by atoms with Gasteiger partial charge in [-0.15, -0.1) is 0 Å². The third kappa shape index (κ3) is 10.9. The number of rotatable bonds is 20. The number of aliphatic hydroxyl groups is 1. The molecule has 15 nitrogen and oxygen atoms in total. The summed E-state index contributed by atoms with van der Waals surface area (Å²) < 4.78 is 38.6. The van der Waals surface area contributed by atoms with E-state index in [9.17, 15) is 14.7 Å². The largest absolute Gasteiger partial charge is 0.486 e. The fourth-order valence-corrected chi connectivity index (χ4v) is 8.25.